The molecule has 4 nitrogen and oxygen atoms in total. The molecule has 0 fully saturated rings. The topological polar surface area (TPSA) is 72.2 Å². The van der Waals surface area contributed by atoms with Crippen LogP contribution in [-0.2, 0) is 16.4 Å². The van der Waals surface area contributed by atoms with Crippen molar-refractivity contribution in [3.8, 4) is 0 Å². The van der Waals surface area contributed by atoms with Gasteiger partial charge in [-0.3, -0.25) is 0 Å². The summed E-state index contributed by atoms with van der Waals surface area (Å²) in [6.45, 7) is 2.39. The van der Waals surface area contributed by atoms with E-state index in [1.54, 1.807) is 35.6 Å². The van der Waals surface area contributed by atoms with Crippen molar-refractivity contribution in [2.75, 3.05) is 6.54 Å². The van der Waals surface area contributed by atoms with Crippen LogP contribution in [0.1, 0.15) is 24.1 Å². The standard InChI is InChI=1S/C14H18N2O2S2/c1-11(13-7-9-19-10-13)16-20(17,18)14-4-2-12(3-5-14)6-8-15/h2-5,7,9-11,16H,6,8,15H2,1H3. The van der Waals surface area contributed by atoms with Gasteiger partial charge < -0.3 is 5.73 Å². The van der Waals surface area contributed by atoms with Gasteiger partial charge in [-0.1, -0.05) is 12.1 Å². The minimum Gasteiger partial charge on any atom is -0.330 e. The Kier molecular flexibility index (Phi) is 4.93. The Labute approximate surface area is 123 Å². The molecule has 108 valence electrons. The van der Waals surface area contributed by atoms with Crippen LogP contribution in [0, 0.1) is 0 Å². The lowest BCUT2D eigenvalue weighted by molar-refractivity contribution is 0.567. The van der Waals surface area contributed by atoms with E-state index in [1.807, 2.05) is 23.8 Å². The molecule has 2 aromatic rings. The van der Waals surface area contributed by atoms with Crippen molar-refractivity contribution in [2.24, 2.45) is 5.73 Å². The fourth-order valence-electron chi connectivity index (χ4n) is 1.89. The second kappa shape index (κ2) is 6.49. The number of hydrogen-bond donors (Lipinski definition) is 2. The van der Waals surface area contributed by atoms with Gasteiger partial charge in [0.25, 0.3) is 0 Å². The molecule has 1 aromatic carbocycles. The zero-order chi connectivity index (χ0) is 14.6. The fourth-order valence-corrected chi connectivity index (χ4v) is 3.88. The lowest BCUT2D eigenvalue weighted by Crippen LogP contribution is -2.26. The lowest BCUT2D eigenvalue weighted by Gasteiger charge is -2.13. The van der Waals surface area contributed by atoms with Gasteiger partial charge in [-0.15, -0.1) is 0 Å². The van der Waals surface area contributed by atoms with Crippen LogP contribution < -0.4 is 10.5 Å². The maximum absolute atomic E-state index is 12.3. The van der Waals surface area contributed by atoms with Crippen LogP contribution in [0.5, 0.6) is 0 Å². The summed E-state index contributed by atoms with van der Waals surface area (Å²) < 4.78 is 27.2. The SMILES string of the molecule is CC(NS(=O)(=O)c1ccc(CCN)cc1)c1ccsc1. The average molecular weight is 310 g/mol. The van der Waals surface area contributed by atoms with E-state index in [1.165, 1.54) is 0 Å². The van der Waals surface area contributed by atoms with Crippen molar-refractivity contribution >= 4 is 21.4 Å². The summed E-state index contributed by atoms with van der Waals surface area (Å²) in [5, 5.41) is 3.87. The van der Waals surface area contributed by atoms with Gasteiger partial charge in [0.1, 0.15) is 0 Å². The van der Waals surface area contributed by atoms with Gasteiger partial charge in [0.15, 0.2) is 0 Å². The van der Waals surface area contributed by atoms with Gasteiger partial charge in [0, 0.05) is 6.04 Å². The smallest absolute Gasteiger partial charge is 0.241 e. The van der Waals surface area contributed by atoms with Crippen LogP contribution in [0.15, 0.2) is 46.0 Å². The number of sulfonamides is 1. The monoisotopic (exact) mass is 310 g/mol. The molecule has 1 heterocycles. The van der Waals surface area contributed by atoms with Crippen molar-refractivity contribution in [1.82, 2.24) is 4.72 Å². The van der Waals surface area contributed by atoms with E-state index in [2.05, 4.69) is 4.72 Å². The molecule has 0 saturated heterocycles. The maximum atomic E-state index is 12.3. The van der Waals surface area contributed by atoms with Crippen LogP contribution in [-0.4, -0.2) is 15.0 Å². The van der Waals surface area contributed by atoms with Gasteiger partial charge in [-0.2, -0.15) is 11.3 Å². The number of rotatable bonds is 6. The zero-order valence-electron chi connectivity index (χ0n) is 11.2. The lowest BCUT2D eigenvalue weighted by atomic mass is 10.2. The maximum Gasteiger partial charge on any atom is 0.241 e. The Bertz CT molecular complexity index is 634. The predicted octanol–water partition coefficient (Wildman–Crippen LogP) is 2.29. The first-order valence-electron chi connectivity index (χ1n) is 6.36. The van der Waals surface area contributed by atoms with E-state index >= 15 is 0 Å². The summed E-state index contributed by atoms with van der Waals surface area (Å²) in [4.78, 5) is 0.278. The second-order valence-corrected chi connectivity index (χ2v) is 7.08. The molecular weight excluding hydrogens is 292 g/mol. The molecule has 1 aromatic heterocycles. The van der Waals surface area contributed by atoms with E-state index in [0.29, 0.717) is 6.54 Å². The summed E-state index contributed by atoms with van der Waals surface area (Å²) >= 11 is 1.55. The Morgan fingerprint density at radius 3 is 2.50 bits per heavy atom. The van der Waals surface area contributed by atoms with Crippen molar-refractivity contribution in [1.29, 1.82) is 0 Å². The highest BCUT2D eigenvalue weighted by Crippen LogP contribution is 2.19. The first-order chi connectivity index (χ1) is 9.53. The number of nitrogens with one attached hydrogen (secondary N) is 1. The number of thiophene rings is 1. The molecule has 20 heavy (non-hydrogen) atoms. The minimum atomic E-state index is -3.49. The first kappa shape index (κ1) is 15.2. The van der Waals surface area contributed by atoms with Crippen LogP contribution in [0.25, 0.3) is 0 Å². The molecule has 0 radical (unpaired) electrons. The van der Waals surface area contributed by atoms with Gasteiger partial charge in [0.05, 0.1) is 4.90 Å². The molecule has 0 bridgehead atoms. The molecule has 2 rings (SSSR count). The van der Waals surface area contributed by atoms with Gasteiger partial charge in [-0.05, 0) is 60.0 Å². The Hall–Kier alpha value is -1.21. The molecule has 0 aliphatic rings. The minimum absolute atomic E-state index is 0.241. The number of benzene rings is 1. The Morgan fingerprint density at radius 2 is 1.95 bits per heavy atom. The molecule has 6 heteroatoms. The highest BCUT2D eigenvalue weighted by Gasteiger charge is 2.18. The van der Waals surface area contributed by atoms with Crippen LogP contribution in [0.3, 0.4) is 0 Å². The van der Waals surface area contributed by atoms with E-state index in [-0.39, 0.29) is 10.9 Å². The Balaban J connectivity index is 2.13. The van der Waals surface area contributed by atoms with Crippen molar-refractivity contribution in [2.45, 2.75) is 24.3 Å². The number of nitrogens with two attached hydrogens (primary N) is 1. The van der Waals surface area contributed by atoms with E-state index in [4.69, 9.17) is 5.73 Å². The highest BCUT2D eigenvalue weighted by molar-refractivity contribution is 7.89. The number of hydrogen-bond acceptors (Lipinski definition) is 4. The fraction of sp³-hybridized carbons (Fsp3) is 0.286. The molecular formula is C14H18N2O2S2. The van der Waals surface area contributed by atoms with Crippen LogP contribution >= 0.6 is 11.3 Å². The molecule has 1 atom stereocenters. The van der Waals surface area contributed by atoms with Gasteiger partial charge in [-0.25, -0.2) is 13.1 Å². The summed E-state index contributed by atoms with van der Waals surface area (Å²) in [6, 6.07) is 8.52. The summed E-state index contributed by atoms with van der Waals surface area (Å²) in [6.07, 6.45) is 0.749. The van der Waals surface area contributed by atoms with E-state index in [0.717, 1.165) is 17.5 Å². The van der Waals surface area contributed by atoms with Gasteiger partial charge in [0.2, 0.25) is 10.0 Å². The molecule has 0 saturated carbocycles. The Morgan fingerprint density at radius 1 is 1.25 bits per heavy atom. The normalized spacial score (nSPS) is 13.3. The van der Waals surface area contributed by atoms with Crippen molar-refractivity contribution in [3.63, 3.8) is 0 Å². The molecule has 1 unspecified atom stereocenters. The zero-order valence-corrected chi connectivity index (χ0v) is 12.9. The van der Waals surface area contributed by atoms with Crippen LogP contribution in [0.2, 0.25) is 0 Å². The molecule has 3 N–H and O–H groups in total. The van der Waals surface area contributed by atoms with Crippen LogP contribution in [0.4, 0.5) is 0 Å². The quantitative estimate of drug-likeness (QED) is 0.860. The summed E-state index contributed by atoms with van der Waals surface area (Å²) in [5.74, 6) is 0. The highest BCUT2D eigenvalue weighted by atomic mass is 32.2. The van der Waals surface area contributed by atoms with E-state index < -0.39 is 10.0 Å². The van der Waals surface area contributed by atoms with E-state index in [9.17, 15) is 8.42 Å². The molecule has 0 aliphatic carbocycles. The predicted molar refractivity (Wildman–Crippen MR) is 82.3 cm³/mol. The third kappa shape index (κ3) is 3.67. The molecule has 0 aliphatic heterocycles. The first-order valence-corrected chi connectivity index (χ1v) is 8.79. The summed E-state index contributed by atoms with van der Waals surface area (Å²) in [5.41, 5.74) is 7.48. The third-order valence-electron chi connectivity index (χ3n) is 3.04. The third-order valence-corrected chi connectivity index (χ3v) is 5.30. The molecule has 0 spiro atoms. The van der Waals surface area contributed by atoms with Crippen molar-refractivity contribution in [3.05, 3.63) is 52.2 Å². The summed E-state index contributed by atoms with van der Waals surface area (Å²) in [7, 11) is -3.49. The second-order valence-electron chi connectivity index (χ2n) is 4.58. The average Bonchev–Trinajstić information content (AvgIpc) is 2.93. The molecule has 0 amide bonds. The largest absolute Gasteiger partial charge is 0.330 e. The van der Waals surface area contributed by atoms with Crippen molar-refractivity contribution < 1.29 is 8.42 Å². The van der Waals surface area contributed by atoms with Gasteiger partial charge >= 0.3 is 0 Å².